The summed E-state index contributed by atoms with van der Waals surface area (Å²) in [5.41, 5.74) is 6.19. The van der Waals surface area contributed by atoms with E-state index in [-0.39, 0.29) is 11.2 Å². The monoisotopic (exact) mass is 265 g/mol. The summed E-state index contributed by atoms with van der Waals surface area (Å²) in [6.45, 7) is 3.61. The highest BCUT2D eigenvalue weighted by Gasteiger charge is 2.32. The predicted octanol–water partition coefficient (Wildman–Crippen LogP) is 1.37. The Hall–Kier alpha value is -1.82. The SMILES string of the molecule is COC1(C)CCCN(c2ncc(C(=O)O)cc2N)C1. The Bertz CT molecular complexity index is 492. The first-order valence-electron chi connectivity index (χ1n) is 6.24. The summed E-state index contributed by atoms with van der Waals surface area (Å²) in [5, 5.41) is 8.90. The molecule has 0 radical (unpaired) electrons. The number of carbonyl (C=O) groups is 1. The van der Waals surface area contributed by atoms with Crippen LogP contribution in [0.5, 0.6) is 0 Å². The van der Waals surface area contributed by atoms with Crippen LogP contribution in [0.15, 0.2) is 12.3 Å². The van der Waals surface area contributed by atoms with Crippen LogP contribution in [0, 0.1) is 0 Å². The molecule has 1 aliphatic heterocycles. The molecule has 0 saturated carbocycles. The van der Waals surface area contributed by atoms with Gasteiger partial charge in [-0.2, -0.15) is 0 Å². The number of nitrogens with two attached hydrogens (primary N) is 1. The minimum atomic E-state index is -1.02. The Balaban J connectivity index is 2.24. The normalized spacial score (nSPS) is 23.4. The van der Waals surface area contributed by atoms with Gasteiger partial charge in [-0.25, -0.2) is 9.78 Å². The van der Waals surface area contributed by atoms with Gasteiger partial charge in [0.25, 0.3) is 0 Å². The fourth-order valence-electron chi connectivity index (χ4n) is 2.41. The van der Waals surface area contributed by atoms with Gasteiger partial charge in [0, 0.05) is 26.4 Å². The van der Waals surface area contributed by atoms with Crippen LogP contribution in [-0.2, 0) is 4.74 Å². The highest BCUT2D eigenvalue weighted by atomic mass is 16.5. The molecule has 6 nitrogen and oxygen atoms in total. The van der Waals surface area contributed by atoms with Gasteiger partial charge in [0.05, 0.1) is 16.9 Å². The van der Waals surface area contributed by atoms with E-state index in [1.54, 1.807) is 7.11 Å². The molecule has 1 fully saturated rings. The van der Waals surface area contributed by atoms with E-state index < -0.39 is 5.97 Å². The topological polar surface area (TPSA) is 88.7 Å². The van der Waals surface area contributed by atoms with E-state index in [0.717, 1.165) is 19.4 Å². The molecule has 1 atom stereocenters. The third-order valence-corrected chi connectivity index (χ3v) is 3.59. The van der Waals surface area contributed by atoms with Crippen LogP contribution in [0.25, 0.3) is 0 Å². The number of aromatic nitrogens is 1. The van der Waals surface area contributed by atoms with Gasteiger partial charge < -0.3 is 20.5 Å². The van der Waals surface area contributed by atoms with E-state index in [9.17, 15) is 4.79 Å². The van der Waals surface area contributed by atoms with Gasteiger partial charge in [0.2, 0.25) is 0 Å². The highest BCUT2D eigenvalue weighted by Crippen LogP contribution is 2.30. The number of ether oxygens (including phenoxy) is 1. The lowest BCUT2D eigenvalue weighted by molar-refractivity contribution is -0.00478. The van der Waals surface area contributed by atoms with Crippen molar-refractivity contribution in [3.05, 3.63) is 17.8 Å². The number of nitrogens with zero attached hydrogens (tertiary/aromatic N) is 2. The van der Waals surface area contributed by atoms with E-state index in [1.807, 2.05) is 4.90 Å². The number of hydrogen-bond donors (Lipinski definition) is 2. The zero-order valence-electron chi connectivity index (χ0n) is 11.2. The fourth-order valence-corrected chi connectivity index (χ4v) is 2.41. The molecule has 0 aromatic carbocycles. The number of carboxylic acids is 1. The quantitative estimate of drug-likeness (QED) is 0.858. The molecule has 1 unspecified atom stereocenters. The molecule has 0 bridgehead atoms. The number of pyridine rings is 1. The molecule has 2 rings (SSSR count). The first kappa shape index (κ1) is 13.6. The maximum absolute atomic E-state index is 10.9. The lowest BCUT2D eigenvalue weighted by atomic mass is 9.94. The number of nitrogen functional groups attached to an aromatic ring is 1. The maximum Gasteiger partial charge on any atom is 0.337 e. The molecule has 1 aromatic rings. The molecule has 1 aromatic heterocycles. The van der Waals surface area contributed by atoms with Crippen LogP contribution in [0.1, 0.15) is 30.1 Å². The van der Waals surface area contributed by atoms with E-state index >= 15 is 0 Å². The maximum atomic E-state index is 10.9. The summed E-state index contributed by atoms with van der Waals surface area (Å²) in [5.74, 6) is -0.390. The Kier molecular flexibility index (Phi) is 3.61. The lowest BCUT2D eigenvalue weighted by Gasteiger charge is -2.40. The van der Waals surface area contributed by atoms with Crippen LogP contribution in [0.4, 0.5) is 11.5 Å². The van der Waals surface area contributed by atoms with Gasteiger partial charge in [-0.3, -0.25) is 0 Å². The van der Waals surface area contributed by atoms with Gasteiger partial charge >= 0.3 is 5.97 Å². The molecular weight excluding hydrogens is 246 g/mol. The number of rotatable bonds is 3. The number of piperidine rings is 1. The minimum absolute atomic E-state index is 0.104. The van der Waals surface area contributed by atoms with Crippen molar-refractivity contribution in [2.75, 3.05) is 30.8 Å². The van der Waals surface area contributed by atoms with E-state index in [1.165, 1.54) is 12.3 Å². The third-order valence-electron chi connectivity index (χ3n) is 3.59. The second kappa shape index (κ2) is 5.05. The van der Waals surface area contributed by atoms with Crippen molar-refractivity contribution in [2.24, 2.45) is 0 Å². The van der Waals surface area contributed by atoms with Gasteiger partial charge in [-0.15, -0.1) is 0 Å². The fraction of sp³-hybridized carbons (Fsp3) is 0.538. The predicted molar refractivity (Wildman–Crippen MR) is 72.5 cm³/mol. The van der Waals surface area contributed by atoms with Crippen molar-refractivity contribution in [2.45, 2.75) is 25.4 Å². The molecular formula is C13H19N3O3. The molecule has 6 heteroatoms. The van der Waals surface area contributed by atoms with Gasteiger partial charge in [-0.1, -0.05) is 0 Å². The molecule has 19 heavy (non-hydrogen) atoms. The number of hydrogen-bond acceptors (Lipinski definition) is 5. The summed E-state index contributed by atoms with van der Waals surface area (Å²) >= 11 is 0. The van der Waals surface area contributed by atoms with Crippen molar-refractivity contribution in [3.63, 3.8) is 0 Å². The van der Waals surface area contributed by atoms with Crippen LogP contribution in [0.3, 0.4) is 0 Å². The van der Waals surface area contributed by atoms with Crippen molar-refractivity contribution in [1.82, 2.24) is 4.98 Å². The molecule has 1 aliphatic rings. The highest BCUT2D eigenvalue weighted by molar-refractivity contribution is 5.89. The number of anilines is 2. The first-order chi connectivity index (χ1) is 8.95. The minimum Gasteiger partial charge on any atom is -0.478 e. The number of methoxy groups -OCH3 is 1. The molecule has 1 saturated heterocycles. The zero-order valence-corrected chi connectivity index (χ0v) is 11.2. The summed E-state index contributed by atoms with van der Waals surface area (Å²) in [6, 6.07) is 1.45. The summed E-state index contributed by atoms with van der Waals surface area (Å²) < 4.78 is 5.53. The number of carboxylic acid groups (broad SMARTS) is 1. The van der Waals surface area contributed by atoms with Crippen molar-refractivity contribution in [1.29, 1.82) is 0 Å². The van der Waals surface area contributed by atoms with Gasteiger partial charge in [-0.05, 0) is 25.8 Å². The average molecular weight is 265 g/mol. The van der Waals surface area contributed by atoms with E-state index in [0.29, 0.717) is 18.1 Å². The summed E-state index contributed by atoms with van der Waals surface area (Å²) in [4.78, 5) is 17.1. The molecule has 0 aliphatic carbocycles. The number of aromatic carboxylic acids is 1. The summed E-state index contributed by atoms with van der Waals surface area (Å²) in [6.07, 6.45) is 3.33. The van der Waals surface area contributed by atoms with Crippen LogP contribution >= 0.6 is 0 Å². The Morgan fingerprint density at radius 2 is 2.37 bits per heavy atom. The lowest BCUT2D eigenvalue weighted by Crippen LogP contribution is -2.48. The molecule has 0 spiro atoms. The molecule has 0 amide bonds. The smallest absolute Gasteiger partial charge is 0.337 e. The van der Waals surface area contributed by atoms with Crippen LogP contribution < -0.4 is 10.6 Å². The Labute approximate surface area is 112 Å². The zero-order chi connectivity index (χ0) is 14.0. The van der Waals surface area contributed by atoms with Crippen molar-refractivity contribution >= 4 is 17.5 Å². The molecule has 104 valence electrons. The van der Waals surface area contributed by atoms with E-state index in [2.05, 4.69) is 11.9 Å². The average Bonchev–Trinajstić information content (AvgIpc) is 2.38. The van der Waals surface area contributed by atoms with Crippen LogP contribution in [0.2, 0.25) is 0 Å². The third kappa shape index (κ3) is 2.78. The van der Waals surface area contributed by atoms with Crippen molar-refractivity contribution < 1.29 is 14.6 Å². The second-order valence-corrected chi connectivity index (χ2v) is 5.12. The Morgan fingerprint density at radius 1 is 1.63 bits per heavy atom. The second-order valence-electron chi connectivity index (χ2n) is 5.12. The summed E-state index contributed by atoms with van der Waals surface area (Å²) in [7, 11) is 1.70. The first-order valence-corrected chi connectivity index (χ1v) is 6.24. The van der Waals surface area contributed by atoms with Gasteiger partial charge in [0.15, 0.2) is 5.82 Å². The molecule has 3 N–H and O–H groups in total. The standard InChI is InChI=1S/C13H19N3O3/c1-13(19-2)4-3-5-16(8-13)11-10(14)6-9(7-15-11)12(17)18/h6-7H,3-5,8,14H2,1-2H3,(H,17,18). The molecule has 2 heterocycles. The van der Waals surface area contributed by atoms with Gasteiger partial charge in [0.1, 0.15) is 0 Å². The van der Waals surface area contributed by atoms with E-state index in [4.69, 9.17) is 15.6 Å². The Morgan fingerprint density at radius 3 is 2.95 bits per heavy atom. The largest absolute Gasteiger partial charge is 0.478 e. The van der Waals surface area contributed by atoms with Crippen molar-refractivity contribution in [3.8, 4) is 0 Å². The van der Waals surface area contributed by atoms with Crippen LogP contribution in [-0.4, -0.2) is 41.9 Å².